The zero-order valence-corrected chi connectivity index (χ0v) is 10.5. The molecule has 1 fully saturated rings. The molecule has 17 heavy (non-hydrogen) atoms. The SMILES string of the molecule is CC(COc1ccc(F)cn1)CC1CC(C)C1. The Morgan fingerprint density at radius 3 is 2.82 bits per heavy atom. The Morgan fingerprint density at radius 2 is 2.24 bits per heavy atom. The predicted octanol–water partition coefficient (Wildman–Crippen LogP) is 3.67. The van der Waals surface area contributed by atoms with Gasteiger partial charge in [0, 0.05) is 6.07 Å². The van der Waals surface area contributed by atoms with Gasteiger partial charge in [-0.25, -0.2) is 9.37 Å². The fourth-order valence-corrected chi connectivity index (χ4v) is 2.57. The molecule has 1 atom stereocenters. The number of rotatable bonds is 5. The highest BCUT2D eigenvalue weighted by molar-refractivity contribution is 5.10. The summed E-state index contributed by atoms with van der Waals surface area (Å²) in [6, 6.07) is 2.95. The zero-order valence-electron chi connectivity index (χ0n) is 10.5. The summed E-state index contributed by atoms with van der Waals surface area (Å²) < 4.78 is 18.2. The van der Waals surface area contributed by atoms with Gasteiger partial charge in [0.15, 0.2) is 0 Å². The molecule has 0 aromatic carbocycles. The molecule has 1 unspecified atom stereocenters. The van der Waals surface area contributed by atoms with Crippen molar-refractivity contribution in [3.05, 3.63) is 24.1 Å². The largest absolute Gasteiger partial charge is 0.477 e. The number of halogens is 1. The van der Waals surface area contributed by atoms with Gasteiger partial charge in [-0.1, -0.05) is 13.8 Å². The molecule has 1 saturated carbocycles. The molecule has 0 spiro atoms. The molecule has 1 aliphatic rings. The van der Waals surface area contributed by atoms with Gasteiger partial charge in [-0.3, -0.25) is 0 Å². The minimum atomic E-state index is -0.325. The van der Waals surface area contributed by atoms with E-state index in [1.54, 1.807) is 6.07 Å². The lowest BCUT2D eigenvalue weighted by Crippen LogP contribution is -2.24. The van der Waals surface area contributed by atoms with Crippen molar-refractivity contribution in [3.8, 4) is 5.88 Å². The summed E-state index contributed by atoms with van der Waals surface area (Å²) in [6.45, 7) is 5.18. The average Bonchev–Trinajstić information content (AvgIpc) is 2.26. The predicted molar refractivity (Wildman–Crippen MR) is 65.4 cm³/mol. The Kier molecular flexibility index (Phi) is 3.97. The Balaban J connectivity index is 1.68. The van der Waals surface area contributed by atoms with Crippen molar-refractivity contribution in [2.75, 3.05) is 6.61 Å². The van der Waals surface area contributed by atoms with E-state index < -0.39 is 0 Å². The van der Waals surface area contributed by atoms with Crippen LogP contribution in [0.1, 0.15) is 33.1 Å². The molecule has 1 heterocycles. The molecule has 0 saturated heterocycles. The summed E-state index contributed by atoms with van der Waals surface area (Å²) in [4.78, 5) is 3.88. The third-order valence-electron chi connectivity index (χ3n) is 3.42. The van der Waals surface area contributed by atoms with Crippen LogP contribution in [0.25, 0.3) is 0 Å². The van der Waals surface area contributed by atoms with Gasteiger partial charge in [0.05, 0.1) is 12.8 Å². The van der Waals surface area contributed by atoms with Gasteiger partial charge in [-0.2, -0.15) is 0 Å². The molecule has 1 aromatic heterocycles. The number of nitrogens with zero attached hydrogens (tertiary/aromatic N) is 1. The lowest BCUT2D eigenvalue weighted by Gasteiger charge is -2.34. The van der Waals surface area contributed by atoms with Crippen molar-refractivity contribution >= 4 is 0 Å². The second kappa shape index (κ2) is 5.48. The second-order valence-electron chi connectivity index (χ2n) is 5.41. The van der Waals surface area contributed by atoms with Crippen LogP contribution >= 0.6 is 0 Å². The van der Waals surface area contributed by atoms with Gasteiger partial charge >= 0.3 is 0 Å². The molecule has 2 rings (SSSR count). The van der Waals surface area contributed by atoms with E-state index in [4.69, 9.17) is 4.74 Å². The zero-order chi connectivity index (χ0) is 12.3. The van der Waals surface area contributed by atoms with Crippen LogP contribution in [0.5, 0.6) is 5.88 Å². The van der Waals surface area contributed by atoms with Crippen LogP contribution in [-0.4, -0.2) is 11.6 Å². The minimum Gasteiger partial charge on any atom is -0.477 e. The highest BCUT2D eigenvalue weighted by Gasteiger charge is 2.26. The standard InChI is InChI=1S/C14H20FNO/c1-10-5-12(6-10)7-11(2)9-17-14-4-3-13(15)8-16-14/h3-4,8,10-12H,5-7,9H2,1-2H3. The Hall–Kier alpha value is -1.12. The van der Waals surface area contributed by atoms with Gasteiger partial charge in [-0.05, 0) is 43.1 Å². The summed E-state index contributed by atoms with van der Waals surface area (Å²) in [5.74, 6) is 2.52. The molecule has 1 aliphatic carbocycles. The topological polar surface area (TPSA) is 22.1 Å². The third kappa shape index (κ3) is 3.69. The number of ether oxygens (including phenoxy) is 1. The van der Waals surface area contributed by atoms with Crippen molar-refractivity contribution in [2.24, 2.45) is 17.8 Å². The van der Waals surface area contributed by atoms with Crippen LogP contribution in [0.2, 0.25) is 0 Å². The number of hydrogen-bond donors (Lipinski definition) is 0. The van der Waals surface area contributed by atoms with Crippen molar-refractivity contribution in [1.29, 1.82) is 0 Å². The highest BCUT2D eigenvalue weighted by atomic mass is 19.1. The van der Waals surface area contributed by atoms with Gasteiger partial charge in [0.1, 0.15) is 5.82 Å². The third-order valence-corrected chi connectivity index (χ3v) is 3.42. The van der Waals surface area contributed by atoms with Crippen molar-refractivity contribution in [1.82, 2.24) is 4.98 Å². The molecule has 0 radical (unpaired) electrons. The molecule has 0 amide bonds. The molecule has 0 bridgehead atoms. The Labute approximate surface area is 102 Å². The van der Waals surface area contributed by atoms with Gasteiger partial charge in [-0.15, -0.1) is 0 Å². The second-order valence-corrected chi connectivity index (χ2v) is 5.41. The molecule has 94 valence electrons. The first-order valence-corrected chi connectivity index (χ1v) is 6.38. The van der Waals surface area contributed by atoms with E-state index in [0.29, 0.717) is 18.4 Å². The van der Waals surface area contributed by atoms with Gasteiger partial charge in [0.2, 0.25) is 5.88 Å². The van der Waals surface area contributed by atoms with E-state index >= 15 is 0 Å². The van der Waals surface area contributed by atoms with Crippen LogP contribution in [0.3, 0.4) is 0 Å². The van der Waals surface area contributed by atoms with Crippen molar-refractivity contribution < 1.29 is 9.13 Å². The molecule has 3 heteroatoms. The average molecular weight is 237 g/mol. The molecule has 1 aromatic rings. The van der Waals surface area contributed by atoms with E-state index in [1.165, 1.54) is 31.5 Å². The Morgan fingerprint density at radius 1 is 1.47 bits per heavy atom. The van der Waals surface area contributed by atoms with E-state index in [-0.39, 0.29) is 5.82 Å². The maximum absolute atomic E-state index is 12.6. The number of aromatic nitrogens is 1. The maximum Gasteiger partial charge on any atom is 0.213 e. The summed E-state index contributed by atoms with van der Waals surface area (Å²) >= 11 is 0. The van der Waals surface area contributed by atoms with E-state index in [1.807, 2.05) is 0 Å². The molecular formula is C14H20FNO. The Bertz CT molecular complexity index is 346. The lowest BCUT2D eigenvalue weighted by molar-refractivity contribution is 0.149. The van der Waals surface area contributed by atoms with Crippen molar-refractivity contribution in [3.63, 3.8) is 0 Å². The monoisotopic (exact) mass is 237 g/mol. The lowest BCUT2D eigenvalue weighted by atomic mass is 9.72. The highest BCUT2D eigenvalue weighted by Crippen LogP contribution is 2.37. The van der Waals surface area contributed by atoms with Gasteiger partial charge < -0.3 is 4.74 Å². The molecule has 0 aliphatic heterocycles. The minimum absolute atomic E-state index is 0.325. The first-order valence-electron chi connectivity index (χ1n) is 6.38. The first kappa shape index (κ1) is 12.3. The van der Waals surface area contributed by atoms with Gasteiger partial charge in [0.25, 0.3) is 0 Å². The van der Waals surface area contributed by atoms with Crippen LogP contribution in [0.4, 0.5) is 4.39 Å². The quantitative estimate of drug-likeness (QED) is 0.779. The number of pyridine rings is 1. The normalized spacial score (nSPS) is 25.1. The summed E-state index contributed by atoms with van der Waals surface area (Å²) in [5.41, 5.74) is 0. The fourth-order valence-electron chi connectivity index (χ4n) is 2.57. The van der Waals surface area contributed by atoms with E-state index in [0.717, 1.165) is 11.8 Å². The van der Waals surface area contributed by atoms with Crippen LogP contribution in [0.15, 0.2) is 18.3 Å². The first-order chi connectivity index (χ1) is 8.13. The summed E-state index contributed by atoms with van der Waals surface area (Å²) in [5, 5.41) is 0. The molecule has 0 N–H and O–H groups in total. The summed E-state index contributed by atoms with van der Waals surface area (Å²) in [6.07, 6.45) is 5.14. The fraction of sp³-hybridized carbons (Fsp3) is 0.643. The van der Waals surface area contributed by atoms with E-state index in [9.17, 15) is 4.39 Å². The number of hydrogen-bond acceptors (Lipinski definition) is 2. The molecular weight excluding hydrogens is 217 g/mol. The van der Waals surface area contributed by atoms with Crippen molar-refractivity contribution in [2.45, 2.75) is 33.1 Å². The van der Waals surface area contributed by atoms with Crippen LogP contribution in [0, 0.1) is 23.6 Å². The summed E-state index contributed by atoms with van der Waals surface area (Å²) in [7, 11) is 0. The van der Waals surface area contributed by atoms with Crippen LogP contribution in [-0.2, 0) is 0 Å². The maximum atomic E-state index is 12.6. The smallest absolute Gasteiger partial charge is 0.213 e. The molecule has 2 nitrogen and oxygen atoms in total. The van der Waals surface area contributed by atoms with Crippen LogP contribution < -0.4 is 4.74 Å². The van der Waals surface area contributed by atoms with E-state index in [2.05, 4.69) is 18.8 Å².